The standard InChI is InChI=1S/C28H29FN6O3S/c1-27(2)18-11-13-28(27,26-17(18)15-20(32-33-26)25-19(29)7-5-8-21(25)38-3)22-9-6-10-24(31-22)35-16-30-23(34-35)12-14-39(4,36)37/h5-10,15-16,18H,11-14H2,1-4H3/t18-,28-/m0/s1. The number of sulfone groups is 1. The van der Waals surface area contributed by atoms with Crippen LogP contribution in [0.1, 0.15) is 55.4 Å². The molecule has 6 rings (SSSR count). The largest absolute Gasteiger partial charge is 0.496 e. The van der Waals surface area contributed by atoms with Crippen molar-refractivity contribution in [2.75, 3.05) is 19.1 Å². The van der Waals surface area contributed by atoms with Crippen molar-refractivity contribution in [2.24, 2.45) is 5.41 Å². The van der Waals surface area contributed by atoms with Gasteiger partial charge in [0.05, 0.1) is 40.9 Å². The van der Waals surface area contributed by atoms with Crippen molar-refractivity contribution >= 4 is 9.84 Å². The molecule has 2 aliphatic carbocycles. The lowest BCUT2D eigenvalue weighted by atomic mass is 9.66. The number of ether oxygens (including phenoxy) is 1. The molecule has 0 N–H and O–H groups in total. The molecule has 202 valence electrons. The van der Waals surface area contributed by atoms with Gasteiger partial charge in [0.15, 0.2) is 11.6 Å². The van der Waals surface area contributed by atoms with E-state index in [9.17, 15) is 12.8 Å². The third-order valence-corrected chi connectivity index (χ3v) is 9.42. The van der Waals surface area contributed by atoms with E-state index >= 15 is 0 Å². The van der Waals surface area contributed by atoms with E-state index in [-0.39, 0.29) is 23.5 Å². The third-order valence-electron chi connectivity index (χ3n) is 8.48. The molecule has 0 spiro atoms. The zero-order chi connectivity index (χ0) is 27.6. The van der Waals surface area contributed by atoms with Gasteiger partial charge in [0.2, 0.25) is 0 Å². The van der Waals surface area contributed by atoms with Crippen molar-refractivity contribution in [2.45, 2.75) is 44.4 Å². The quantitative estimate of drug-likeness (QED) is 0.340. The second kappa shape index (κ2) is 8.90. The molecule has 2 atom stereocenters. The molecule has 11 heteroatoms. The van der Waals surface area contributed by atoms with Gasteiger partial charge in [-0.15, -0.1) is 10.2 Å². The topological polar surface area (TPSA) is 113 Å². The molecule has 1 fully saturated rings. The summed E-state index contributed by atoms with van der Waals surface area (Å²) in [7, 11) is -1.60. The van der Waals surface area contributed by atoms with Crippen LogP contribution in [0.3, 0.4) is 0 Å². The van der Waals surface area contributed by atoms with Gasteiger partial charge in [0, 0.05) is 12.7 Å². The molecule has 2 bridgehead atoms. The molecule has 0 amide bonds. The molecule has 0 radical (unpaired) electrons. The van der Waals surface area contributed by atoms with Gasteiger partial charge in [-0.05, 0) is 60.1 Å². The Kier molecular flexibility index (Phi) is 5.83. The van der Waals surface area contributed by atoms with Crippen molar-refractivity contribution in [3.05, 3.63) is 77.4 Å². The first kappa shape index (κ1) is 25.5. The number of halogens is 1. The average molecular weight is 549 g/mol. The lowest BCUT2D eigenvalue weighted by Gasteiger charge is -2.37. The predicted molar refractivity (Wildman–Crippen MR) is 143 cm³/mol. The van der Waals surface area contributed by atoms with Crippen LogP contribution in [-0.4, -0.2) is 57.5 Å². The van der Waals surface area contributed by atoms with Gasteiger partial charge in [-0.1, -0.05) is 26.0 Å². The van der Waals surface area contributed by atoms with Crippen LogP contribution in [0.25, 0.3) is 17.1 Å². The molecule has 4 aromatic rings. The fourth-order valence-corrected chi connectivity index (χ4v) is 7.08. The van der Waals surface area contributed by atoms with Crippen LogP contribution in [0, 0.1) is 11.2 Å². The summed E-state index contributed by atoms with van der Waals surface area (Å²) < 4.78 is 45.0. The van der Waals surface area contributed by atoms with Gasteiger partial charge in [-0.2, -0.15) is 5.10 Å². The number of hydrogen-bond acceptors (Lipinski definition) is 8. The van der Waals surface area contributed by atoms with Crippen LogP contribution in [-0.2, 0) is 21.7 Å². The number of nitrogens with zero attached hydrogens (tertiary/aromatic N) is 6. The van der Waals surface area contributed by atoms with Crippen molar-refractivity contribution in [1.82, 2.24) is 29.9 Å². The number of aromatic nitrogens is 6. The number of benzene rings is 1. The van der Waals surface area contributed by atoms with E-state index in [2.05, 4.69) is 29.0 Å². The van der Waals surface area contributed by atoms with E-state index in [0.29, 0.717) is 28.6 Å². The Labute approximate surface area is 226 Å². The predicted octanol–water partition coefficient (Wildman–Crippen LogP) is 4.06. The summed E-state index contributed by atoms with van der Waals surface area (Å²) in [5, 5.41) is 13.7. The van der Waals surface area contributed by atoms with Gasteiger partial charge in [-0.3, -0.25) is 0 Å². The second-order valence-electron chi connectivity index (χ2n) is 10.9. The first-order chi connectivity index (χ1) is 18.5. The van der Waals surface area contributed by atoms with Gasteiger partial charge in [0.1, 0.15) is 27.7 Å². The number of hydrogen-bond donors (Lipinski definition) is 0. The normalized spacial score (nSPS) is 21.2. The smallest absolute Gasteiger partial charge is 0.155 e. The maximum absolute atomic E-state index is 14.9. The van der Waals surface area contributed by atoms with Crippen LogP contribution in [0.15, 0.2) is 48.8 Å². The highest BCUT2D eigenvalue weighted by atomic mass is 32.2. The Balaban J connectivity index is 1.41. The molecule has 2 aliphatic rings. The minimum absolute atomic E-state index is 0.0145. The Morgan fingerprint density at radius 1 is 1.15 bits per heavy atom. The fourth-order valence-electron chi connectivity index (χ4n) is 6.52. The number of methoxy groups -OCH3 is 1. The number of rotatable bonds is 7. The maximum atomic E-state index is 14.9. The highest BCUT2D eigenvalue weighted by molar-refractivity contribution is 7.90. The molecule has 9 nitrogen and oxygen atoms in total. The molecule has 3 heterocycles. The molecule has 0 unspecified atom stereocenters. The molecular formula is C28H29FN6O3S. The minimum Gasteiger partial charge on any atom is -0.496 e. The van der Waals surface area contributed by atoms with Crippen molar-refractivity contribution in [1.29, 1.82) is 0 Å². The fraction of sp³-hybridized carbons (Fsp3) is 0.393. The van der Waals surface area contributed by atoms with Crippen LogP contribution in [0.5, 0.6) is 5.75 Å². The van der Waals surface area contributed by atoms with Crippen LogP contribution < -0.4 is 4.74 Å². The van der Waals surface area contributed by atoms with Crippen LogP contribution in [0.4, 0.5) is 4.39 Å². The first-order valence-electron chi connectivity index (χ1n) is 12.8. The van der Waals surface area contributed by atoms with Gasteiger partial charge < -0.3 is 4.74 Å². The summed E-state index contributed by atoms with van der Waals surface area (Å²) >= 11 is 0. The summed E-state index contributed by atoms with van der Waals surface area (Å²) in [6.07, 6.45) is 4.80. The second-order valence-corrected chi connectivity index (χ2v) is 13.2. The Morgan fingerprint density at radius 3 is 2.72 bits per heavy atom. The average Bonchev–Trinajstić information content (AvgIpc) is 3.54. The van der Waals surface area contributed by atoms with E-state index in [1.807, 2.05) is 24.3 Å². The van der Waals surface area contributed by atoms with E-state index in [1.54, 1.807) is 23.1 Å². The first-order valence-corrected chi connectivity index (χ1v) is 14.9. The summed E-state index contributed by atoms with van der Waals surface area (Å²) in [6, 6.07) is 12.5. The summed E-state index contributed by atoms with van der Waals surface area (Å²) in [6.45, 7) is 4.48. The lowest BCUT2D eigenvalue weighted by molar-refractivity contribution is 0.242. The van der Waals surface area contributed by atoms with E-state index in [0.717, 1.165) is 29.8 Å². The summed E-state index contributed by atoms with van der Waals surface area (Å²) in [4.78, 5) is 9.30. The zero-order valence-electron chi connectivity index (χ0n) is 22.2. The molecule has 0 aliphatic heterocycles. The molecular weight excluding hydrogens is 519 g/mol. The number of fused-ring (bicyclic) bond motifs is 5. The highest BCUT2D eigenvalue weighted by Crippen LogP contribution is 2.69. The Bertz CT molecular complexity index is 1700. The highest BCUT2D eigenvalue weighted by Gasteiger charge is 2.65. The van der Waals surface area contributed by atoms with E-state index in [4.69, 9.17) is 14.8 Å². The van der Waals surface area contributed by atoms with Crippen molar-refractivity contribution in [3.8, 4) is 22.8 Å². The number of aryl methyl sites for hydroxylation is 1. The Morgan fingerprint density at radius 2 is 1.95 bits per heavy atom. The van der Waals surface area contributed by atoms with Crippen LogP contribution >= 0.6 is 0 Å². The van der Waals surface area contributed by atoms with Crippen LogP contribution in [0.2, 0.25) is 0 Å². The van der Waals surface area contributed by atoms with Gasteiger partial charge in [0.25, 0.3) is 0 Å². The Hall–Kier alpha value is -3.73. The minimum atomic E-state index is -3.12. The van der Waals surface area contributed by atoms with Crippen molar-refractivity contribution < 1.29 is 17.5 Å². The van der Waals surface area contributed by atoms with Gasteiger partial charge >= 0.3 is 0 Å². The molecule has 0 saturated heterocycles. The van der Waals surface area contributed by atoms with Crippen molar-refractivity contribution in [3.63, 3.8) is 0 Å². The lowest BCUT2D eigenvalue weighted by Crippen LogP contribution is -2.38. The molecule has 1 aromatic carbocycles. The number of pyridine rings is 1. The van der Waals surface area contributed by atoms with E-state index < -0.39 is 21.1 Å². The SMILES string of the molecule is COc1cccc(F)c1-c1cc2c(nn1)[C@@]1(c3cccc(-n4cnc(CCS(C)(=O)=O)n4)n3)CC[C@@H]2C1(C)C. The van der Waals surface area contributed by atoms with E-state index in [1.165, 1.54) is 19.4 Å². The zero-order valence-corrected chi connectivity index (χ0v) is 23.0. The monoisotopic (exact) mass is 548 g/mol. The summed E-state index contributed by atoms with van der Waals surface area (Å²) in [5.41, 5.74) is 2.88. The molecule has 3 aromatic heterocycles. The molecule has 1 saturated carbocycles. The van der Waals surface area contributed by atoms with Gasteiger partial charge in [-0.25, -0.2) is 27.5 Å². The summed E-state index contributed by atoms with van der Waals surface area (Å²) in [5.74, 6) is 1.24. The maximum Gasteiger partial charge on any atom is 0.155 e. The molecule has 39 heavy (non-hydrogen) atoms. The third kappa shape index (κ3) is 3.93.